The lowest BCUT2D eigenvalue weighted by molar-refractivity contribution is 0.565. The van der Waals surface area contributed by atoms with Crippen LogP contribution in [0.4, 0.5) is 5.82 Å². The van der Waals surface area contributed by atoms with Crippen LogP contribution in [0.3, 0.4) is 0 Å². The molecule has 1 aromatic heterocycles. The van der Waals surface area contributed by atoms with Crippen molar-refractivity contribution >= 4 is 30.6 Å². The summed E-state index contributed by atoms with van der Waals surface area (Å²) in [4.78, 5) is 7.50. The minimum absolute atomic E-state index is 0. The lowest BCUT2D eigenvalue weighted by Gasteiger charge is -2.29. The Bertz CT molecular complexity index is 434. The highest BCUT2D eigenvalue weighted by Crippen LogP contribution is 2.27. The van der Waals surface area contributed by atoms with E-state index < -0.39 is 0 Å². The van der Waals surface area contributed by atoms with Crippen molar-refractivity contribution in [3.8, 4) is 0 Å². The number of hydrogen-bond acceptors (Lipinski definition) is 3. The zero-order chi connectivity index (χ0) is 13.1. The molecule has 1 N–H and O–H groups in total. The summed E-state index contributed by atoms with van der Waals surface area (Å²) in [6.45, 7) is 6.81. The summed E-state index contributed by atoms with van der Waals surface area (Å²) in [5, 5.41) is 3.54. The van der Waals surface area contributed by atoms with Gasteiger partial charge in [0.15, 0.2) is 0 Å². The van der Waals surface area contributed by atoms with Gasteiger partial charge in [-0.1, -0.05) is 13.0 Å². The molecule has 2 aliphatic heterocycles. The van der Waals surface area contributed by atoms with Crippen LogP contribution in [0, 0.1) is 0 Å². The highest BCUT2D eigenvalue weighted by atomic mass is 35.5. The average Bonchev–Trinajstić information content (AvgIpc) is 2.69. The number of pyridine rings is 1. The maximum atomic E-state index is 5.04. The SMILES string of the molecule is CCC1CNCCc2ccc(N3CCCCC3)nc21.Cl.Cl. The first-order chi connectivity index (χ1) is 9.38. The molecule has 0 amide bonds. The first kappa shape index (κ1) is 18.5. The largest absolute Gasteiger partial charge is 0.357 e. The van der Waals surface area contributed by atoms with Crippen LogP contribution in [0.15, 0.2) is 12.1 Å². The fourth-order valence-electron chi connectivity index (χ4n) is 3.29. The molecule has 2 aliphatic rings. The van der Waals surface area contributed by atoms with Crippen LogP contribution in [0.2, 0.25) is 0 Å². The van der Waals surface area contributed by atoms with Crippen LogP contribution in [-0.2, 0) is 6.42 Å². The zero-order valence-corrected chi connectivity index (χ0v) is 14.4. The minimum atomic E-state index is 0. The van der Waals surface area contributed by atoms with Crippen molar-refractivity contribution in [2.45, 2.75) is 44.9 Å². The quantitative estimate of drug-likeness (QED) is 0.898. The van der Waals surface area contributed by atoms with Crippen molar-refractivity contribution in [3.63, 3.8) is 0 Å². The van der Waals surface area contributed by atoms with Gasteiger partial charge >= 0.3 is 0 Å². The molecular weight excluding hydrogens is 305 g/mol. The van der Waals surface area contributed by atoms with Crippen LogP contribution in [-0.4, -0.2) is 31.2 Å². The van der Waals surface area contributed by atoms with Gasteiger partial charge < -0.3 is 10.2 Å². The number of rotatable bonds is 2. The van der Waals surface area contributed by atoms with Gasteiger partial charge in [-0.3, -0.25) is 0 Å². The first-order valence-corrected chi connectivity index (χ1v) is 7.84. The molecule has 0 aromatic carbocycles. The number of piperidine rings is 1. The lowest BCUT2D eigenvalue weighted by Crippen LogP contribution is -2.30. The normalized spacial score (nSPS) is 21.6. The van der Waals surface area contributed by atoms with E-state index in [0.29, 0.717) is 5.92 Å². The van der Waals surface area contributed by atoms with Crippen LogP contribution < -0.4 is 10.2 Å². The highest BCUT2D eigenvalue weighted by molar-refractivity contribution is 5.85. The van der Waals surface area contributed by atoms with Gasteiger partial charge in [0.1, 0.15) is 5.82 Å². The Morgan fingerprint density at radius 3 is 2.67 bits per heavy atom. The molecule has 0 saturated carbocycles. The zero-order valence-electron chi connectivity index (χ0n) is 12.8. The van der Waals surface area contributed by atoms with Gasteiger partial charge in [0.05, 0.1) is 5.69 Å². The number of aromatic nitrogens is 1. The second-order valence-corrected chi connectivity index (χ2v) is 5.82. The third kappa shape index (κ3) is 4.24. The topological polar surface area (TPSA) is 28.2 Å². The summed E-state index contributed by atoms with van der Waals surface area (Å²) >= 11 is 0. The number of anilines is 1. The molecule has 1 aromatic rings. The summed E-state index contributed by atoms with van der Waals surface area (Å²) in [7, 11) is 0. The van der Waals surface area contributed by atoms with Gasteiger partial charge in [-0.05, 0) is 50.3 Å². The van der Waals surface area contributed by atoms with E-state index in [2.05, 4.69) is 29.3 Å². The van der Waals surface area contributed by atoms with E-state index >= 15 is 0 Å². The Balaban J connectivity index is 0.00000110. The van der Waals surface area contributed by atoms with Crippen molar-refractivity contribution in [2.75, 3.05) is 31.1 Å². The maximum Gasteiger partial charge on any atom is 0.128 e. The molecule has 1 unspecified atom stereocenters. The summed E-state index contributed by atoms with van der Waals surface area (Å²) in [5.74, 6) is 1.79. The summed E-state index contributed by atoms with van der Waals surface area (Å²) in [5.41, 5.74) is 2.81. The molecular formula is C16H27Cl2N3. The molecule has 1 saturated heterocycles. The summed E-state index contributed by atoms with van der Waals surface area (Å²) in [6.07, 6.45) is 6.31. The van der Waals surface area contributed by atoms with E-state index in [4.69, 9.17) is 4.98 Å². The smallest absolute Gasteiger partial charge is 0.128 e. The van der Waals surface area contributed by atoms with Crippen molar-refractivity contribution in [1.29, 1.82) is 0 Å². The molecule has 5 heteroatoms. The highest BCUT2D eigenvalue weighted by Gasteiger charge is 2.20. The molecule has 120 valence electrons. The van der Waals surface area contributed by atoms with E-state index in [9.17, 15) is 0 Å². The van der Waals surface area contributed by atoms with E-state index in [1.807, 2.05) is 0 Å². The number of nitrogens with one attached hydrogen (secondary N) is 1. The number of hydrogen-bond donors (Lipinski definition) is 1. The Kier molecular flexibility index (Phi) is 7.78. The fourth-order valence-corrected chi connectivity index (χ4v) is 3.29. The Morgan fingerprint density at radius 1 is 1.19 bits per heavy atom. The number of fused-ring (bicyclic) bond motifs is 1. The maximum absolute atomic E-state index is 5.04. The van der Waals surface area contributed by atoms with E-state index in [1.54, 1.807) is 0 Å². The van der Waals surface area contributed by atoms with E-state index in [1.165, 1.54) is 55.8 Å². The van der Waals surface area contributed by atoms with Gasteiger partial charge in [-0.2, -0.15) is 0 Å². The van der Waals surface area contributed by atoms with Gasteiger partial charge in [0.2, 0.25) is 0 Å². The standard InChI is InChI=1S/C16H25N3.2ClH/c1-2-13-12-17-9-8-14-6-7-15(18-16(13)14)19-10-4-3-5-11-19;;/h6-7,13,17H,2-5,8-12H2,1H3;2*1H. The van der Waals surface area contributed by atoms with Crippen LogP contribution in [0.25, 0.3) is 0 Å². The van der Waals surface area contributed by atoms with Gasteiger partial charge in [-0.15, -0.1) is 24.8 Å². The molecule has 1 fully saturated rings. The monoisotopic (exact) mass is 331 g/mol. The third-order valence-corrected chi connectivity index (χ3v) is 4.52. The minimum Gasteiger partial charge on any atom is -0.357 e. The fraction of sp³-hybridized carbons (Fsp3) is 0.688. The molecule has 21 heavy (non-hydrogen) atoms. The van der Waals surface area contributed by atoms with Crippen molar-refractivity contribution < 1.29 is 0 Å². The Morgan fingerprint density at radius 2 is 1.95 bits per heavy atom. The molecule has 0 radical (unpaired) electrons. The Hall–Kier alpha value is -0.510. The van der Waals surface area contributed by atoms with Crippen LogP contribution in [0.1, 0.15) is 49.8 Å². The van der Waals surface area contributed by atoms with Gasteiger partial charge in [-0.25, -0.2) is 4.98 Å². The van der Waals surface area contributed by atoms with Crippen LogP contribution >= 0.6 is 24.8 Å². The van der Waals surface area contributed by atoms with Crippen LogP contribution in [0.5, 0.6) is 0 Å². The first-order valence-electron chi connectivity index (χ1n) is 7.84. The second kappa shape index (κ2) is 8.82. The Labute approximate surface area is 140 Å². The van der Waals surface area contributed by atoms with E-state index in [0.717, 1.165) is 19.5 Å². The molecule has 0 spiro atoms. The second-order valence-electron chi connectivity index (χ2n) is 5.82. The average molecular weight is 332 g/mol. The summed E-state index contributed by atoms with van der Waals surface area (Å²) < 4.78 is 0. The molecule has 0 bridgehead atoms. The molecule has 0 aliphatic carbocycles. The number of halogens is 2. The number of nitrogens with zero attached hydrogens (tertiary/aromatic N) is 2. The molecule has 3 heterocycles. The lowest BCUT2D eigenvalue weighted by atomic mass is 9.97. The predicted molar refractivity (Wildman–Crippen MR) is 94.4 cm³/mol. The van der Waals surface area contributed by atoms with Gasteiger partial charge in [0.25, 0.3) is 0 Å². The molecule has 3 rings (SSSR count). The predicted octanol–water partition coefficient (Wildman–Crippen LogP) is 3.55. The molecule has 3 nitrogen and oxygen atoms in total. The van der Waals surface area contributed by atoms with Crippen molar-refractivity contribution in [2.24, 2.45) is 0 Å². The van der Waals surface area contributed by atoms with E-state index in [-0.39, 0.29) is 24.8 Å². The van der Waals surface area contributed by atoms with Crippen molar-refractivity contribution in [1.82, 2.24) is 10.3 Å². The summed E-state index contributed by atoms with van der Waals surface area (Å²) in [6, 6.07) is 4.56. The molecule has 1 atom stereocenters. The third-order valence-electron chi connectivity index (χ3n) is 4.52. The van der Waals surface area contributed by atoms with Crippen molar-refractivity contribution in [3.05, 3.63) is 23.4 Å². The van der Waals surface area contributed by atoms with Gasteiger partial charge in [0, 0.05) is 25.6 Å².